The van der Waals surface area contributed by atoms with Gasteiger partial charge in [-0.1, -0.05) is 6.07 Å². The van der Waals surface area contributed by atoms with Gasteiger partial charge in [0.15, 0.2) is 0 Å². The second-order valence-electron chi connectivity index (χ2n) is 9.45. The highest BCUT2D eigenvalue weighted by atomic mass is 19.4. The summed E-state index contributed by atoms with van der Waals surface area (Å²) in [4.78, 5) is 24.5. The van der Waals surface area contributed by atoms with Gasteiger partial charge in [-0.05, 0) is 79.4 Å². The fourth-order valence-electron chi connectivity index (χ4n) is 6.31. The molecule has 4 aliphatic carbocycles. The molecule has 4 nitrogen and oxygen atoms in total. The first-order valence-corrected chi connectivity index (χ1v) is 10.5. The highest BCUT2D eigenvalue weighted by molar-refractivity contribution is 5.85. The molecule has 0 aliphatic heterocycles. The van der Waals surface area contributed by atoms with Gasteiger partial charge in [-0.25, -0.2) is 4.39 Å². The minimum absolute atomic E-state index is 0.0605. The summed E-state index contributed by atoms with van der Waals surface area (Å²) in [6, 6.07) is 2.34. The third-order valence-electron chi connectivity index (χ3n) is 7.00. The maximum absolute atomic E-state index is 13.2. The molecule has 5 rings (SSSR count). The van der Waals surface area contributed by atoms with Crippen LogP contribution in [0.3, 0.4) is 0 Å². The largest absolute Gasteiger partial charge is 0.416 e. The molecule has 0 aromatic heterocycles. The summed E-state index contributed by atoms with van der Waals surface area (Å²) in [5.41, 5.74) is -1.28. The van der Waals surface area contributed by atoms with Crippen molar-refractivity contribution in [3.63, 3.8) is 0 Å². The van der Waals surface area contributed by atoms with Gasteiger partial charge in [0.2, 0.25) is 11.8 Å². The van der Waals surface area contributed by atoms with Crippen LogP contribution in [0.5, 0.6) is 0 Å². The summed E-state index contributed by atoms with van der Waals surface area (Å²) in [6.07, 6.45) is 2.82. The molecule has 1 aromatic carbocycles. The first kappa shape index (κ1) is 21.1. The highest BCUT2D eigenvalue weighted by Crippen LogP contribution is 2.61. The summed E-state index contributed by atoms with van der Waals surface area (Å²) in [7, 11) is 0. The summed E-state index contributed by atoms with van der Waals surface area (Å²) < 4.78 is 52.2. The van der Waals surface area contributed by atoms with Gasteiger partial charge in [0.05, 0.1) is 12.1 Å². The van der Waals surface area contributed by atoms with Crippen molar-refractivity contribution < 1.29 is 27.2 Å². The molecule has 30 heavy (non-hydrogen) atoms. The molecule has 0 saturated heterocycles. The zero-order valence-electron chi connectivity index (χ0n) is 16.7. The molecule has 4 fully saturated rings. The third kappa shape index (κ3) is 4.62. The van der Waals surface area contributed by atoms with Crippen molar-refractivity contribution >= 4 is 11.8 Å². The summed E-state index contributed by atoms with van der Waals surface area (Å²) in [5.74, 6) is 0.438. The molecule has 0 radical (unpaired) electrons. The van der Waals surface area contributed by atoms with Gasteiger partial charge >= 0.3 is 6.18 Å². The maximum atomic E-state index is 13.2. The standard InChI is InChI=1S/C22H26F4N2O2/c23-17-2-1-16(18(6-17)22(24,25)26)11-27-20(30)12-28-19(29)10-21-7-13-3-14(8-21)5-15(4-13)9-21/h1-2,6,13-15H,3-5,7-12H2,(H,27,30)(H,28,29). The number of amides is 2. The lowest BCUT2D eigenvalue weighted by Gasteiger charge is -2.56. The molecule has 2 amide bonds. The summed E-state index contributed by atoms with van der Waals surface area (Å²) >= 11 is 0. The van der Waals surface area contributed by atoms with E-state index >= 15 is 0 Å². The molecule has 4 bridgehead atoms. The van der Waals surface area contributed by atoms with E-state index in [0.717, 1.165) is 49.1 Å². The lowest BCUT2D eigenvalue weighted by Crippen LogP contribution is -2.48. The van der Waals surface area contributed by atoms with Crippen molar-refractivity contribution in [3.05, 3.63) is 35.1 Å². The highest BCUT2D eigenvalue weighted by Gasteiger charge is 2.51. The third-order valence-corrected chi connectivity index (χ3v) is 7.00. The number of hydrogen-bond donors (Lipinski definition) is 2. The molecule has 0 atom stereocenters. The van der Waals surface area contributed by atoms with Gasteiger partial charge in [-0.3, -0.25) is 9.59 Å². The van der Waals surface area contributed by atoms with Gasteiger partial charge < -0.3 is 10.6 Å². The Hall–Kier alpha value is -2.12. The zero-order chi connectivity index (χ0) is 21.5. The van der Waals surface area contributed by atoms with E-state index in [4.69, 9.17) is 0 Å². The second-order valence-corrected chi connectivity index (χ2v) is 9.45. The predicted molar refractivity (Wildman–Crippen MR) is 101 cm³/mol. The molecular weight excluding hydrogens is 400 g/mol. The van der Waals surface area contributed by atoms with E-state index < -0.39 is 30.0 Å². The van der Waals surface area contributed by atoms with Gasteiger partial charge in [-0.2, -0.15) is 13.2 Å². The molecular formula is C22H26F4N2O2. The van der Waals surface area contributed by atoms with E-state index in [1.807, 2.05) is 0 Å². The zero-order valence-corrected chi connectivity index (χ0v) is 16.7. The van der Waals surface area contributed by atoms with Gasteiger partial charge in [0.25, 0.3) is 0 Å². The van der Waals surface area contributed by atoms with E-state index in [1.165, 1.54) is 19.3 Å². The molecule has 0 unspecified atom stereocenters. The van der Waals surface area contributed by atoms with Gasteiger partial charge in [0.1, 0.15) is 5.82 Å². The minimum Gasteiger partial charge on any atom is -0.350 e. The van der Waals surface area contributed by atoms with E-state index in [2.05, 4.69) is 10.6 Å². The van der Waals surface area contributed by atoms with Crippen molar-refractivity contribution in [2.45, 2.75) is 57.7 Å². The van der Waals surface area contributed by atoms with Crippen LogP contribution in [0.15, 0.2) is 18.2 Å². The number of alkyl halides is 3. The van der Waals surface area contributed by atoms with E-state index in [9.17, 15) is 27.2 Å². The summed E-state index contributed by atoms with van der Waals surface area (Å²) in [5, 5.41) is 4.98. The Kier molecular flexibility index (Phi) is 5.53. The number of carbonyl (C=O) groups is 2. The van der Waals surface area contributed by atoms with Crippen LogP contribution in [0.25, 0.3) is 0 Å². The lowest BCUT2D eigenvalue weighted by molar-refractivity contribution is -0.138. The van der Waals surface area contributed by atoms with Crippen LogP contribution in [0.2, 0.25) is 0 Å². The number of halogens is 4. The Morgan fingerprint density at radius 2 is 1.57 bits per heavy atom. The first-order valence-electron chi connectivity index (χ1n) is 10.5. The number of rotatable bonds is 6. The van der Waals surface area contributed by atoms with E-state index in [-0.39, 0.29) is 23.4 Å². The molecule has 4 aliphatic rings. The molecule has 2 N–H and O–H groups in total. The molecule has 1 aromatic rings. The number of nitrogens with one attached hydrogen (secondary N) is 2. The Morgan fingerprint density at radius 3 is 2.13 bits per heavy atom. The fourth-order valence-corrected chi connectivity index (χ4v) is 6.31. The SMILES string of the molecule is O=C(CNC(=O)CC12CC3CC(CC(C3)C1)C2)NCc1ccc(F)cc1C(F)(F)F. The van der Waals surface area contributed by atoms with Crippen molar-refractivity contribution in [3.8, 4) is 0 Å². The van der Waals surface area contributed by atoms with Gasteiger partial charge in [0, 0.05) is 13.0 Å². The van der Waals surface area contributed by atoms with Crippen molar-refractivity contribution in [1.29, 1.82) is 0 Å². The van der Waals surface area contributed by atoms with Crippen LogP contribution in [0.4, 0.5) is 17.6 Å². The summed E-state index contributed by atoms with van der Waals surface area (Å²) in [6.45, 7) is -0.674. The molecule has 0 spiro atoms. The molecule has 0 heterocycles. The Morgan fingerprint density at radius 1 is 0.967 bits per heavy atom. The minimum atomic E-state index is -4.71. The fraction of sp³-hybridized carbons (Fsp3) is 0.636. The average Bonchev–Trinajstić information content (AvgIpc) is 2.63. The average molecular weight is 426 g/mol. The number of benzene rings is 1. The molecule has 4 saturated carbocycles. The van der Waals surface area contributed by atoms with Gasteiger partial charge in [-0.15, -0.1) is 0 Å². The number of hydrogen-bond acceptors (Lipinski definition) is 2. The number of carbonyl (C=O) groups excluding carboxylic acids is 2. The van der Waals surface area contributed by atoms with Crippen LogP contribution in [0, 0.1) is 29.0 Å². The maximum Gasteiger partial charge on any atom is 0.416 e. The normalized spacial score (nSPS) is 29.7. The van der Waals surface area contributed by atoms with Crippen molar-refractivity contribution in [2.24, 2.45) is 23.2 Å². The van der Waals surface area contributed by atoms with Crippen LogP contribution in [0.1, 0.15) is 56.1 Å². The second kappa shape index (κ2) is 7.85. The molecule has 164 valence electrons. The smallest absolute Gasteiger partial charge is 0.350 e. The monoisotopic (exact) mass is 426 g/mol. The molecule has 8 heteroatoms. The van der Waals surface area contributed by atoms with Crippen molar-refractivity contribution in [1.82, 2.24) is 10.6 Å². The Bertz CT molecular complexity index is 802. The van der Waals surface area contributed by atoms with Crippen molar-refractivity contribution in [2.75, 3.05) is 6.54 Å². The van der Waals surface area contributed by atoms with Crippen LogP contribution < -0.4 is 10.6 Å². The lowest BCUT2D eigenvalue weighted by atomic mass is 9.49. The topological polar surface area (TPSA) is 58.2 Å². The van der Waals surface area contributed by atoms with Crippen LogP contribution in [-0.2, 0) is 22.3 Å². The Labute approximate surface area is 172 Å². The Balaban J connectivity index is 1.26. The van der Waals surface area contributed by atoms with E-state index in [0.29, 0.717) is 12.5 Å². The quantitative estimate of drug-likeness (QED) is 0.671. The van der Waals surface area contributed by atoms with E-state index in [1.54, 1.807) is 0 Å². The first-order chi connectivity index (χ1) is 14.1. The predicted octanol–water partition coefficient (Wildman–Crippen LogP) is 4.18. The van der Waals surface area contributed by atoms with Crippen LogP contribution >= 0.6 is 0 Å². The van der Waals surface area contributed by atoms with Crippen LogP contribution in [-0.4, -0.2) is 18.4 Å².